The highest BCUT2D eigenvalue weighted by Gasteiger charge is 2.43. The van der Waals surface area contributed by atoms with E-state index in [1.165, 1.54) is 33.6 Å². The van der Waals surface area contributed by atoms with Crippen LogP contribution in [-0.2, 0) is 6.54 Å². The number of nitrogens with zero attached hydrogens (tertiary/aromatic N) is 6. The van der Waals surface area contributed by atoms with Gasteiger partial charge in [-0.15, -0.1) is 0 Å². The summed E-state index contributed by atoms with van der Waals surface area (Å²) in [5.74, 6) is 2.18. The molecule has 9 aromatic rings. The third-order valence-corrected chi connectivity index (χ3v) is 11.3. The third-order valence-electron chi connectivity index (χ3n) is 11.3. The van der Waals surface area contributed by atoms with Gasteiger partial charge in [0.25, 0.3) is 0 Å². The fourth-order valence-corrected chi connectivity index (χ4v) is 8.71. The van der Waals surface area contributed by atoms with Crippen molar-refractivity contribution in [3.8, 4) is 45.3 Å². The summed E-state index contributed by atoms with van der Waals surface area (Å²) in [6.07, 6.45) is 4.73. The molecule has 1 aliphatic carbocycles. The van der Waals surface area contributed by atoms with Gasteiger partial charge in [0.15, 0.2) is 17.5 Å². The molecule has 0 fully saturated rings. The Labute approximate surface area is 331 Å². The van der Waals surface area contributed by atoms with Crippen LogP contribution in [0.1, 0.15) is 34.6 Å². The first-order valence-corrected chi connectivity index (χ1v) is 19.4. The minimum Gasteiger partial charge on any atom is -0.334 e. The zero-order valence-electron chi connectivity index (χ0n) is 31.0. The number of fused-ring (bicyclic) bond motifs is 7. The van der Waals surface area contributed by atoms with Crippen molar-refractivity contribution in [1.82, 2.24) is 24.5 Å². The van der Waals surface area contributed by atoms with Crippen LogP contribution in [0.25, 0.3) is 62.3 Å². The first-order chi connectivity index (χ1) is 28.3. The maximum Gasteiger partial charge on any atom is 0.163 e. The second kappa shape index (κ2) is 13.7. The van der Waals surface area contributed by atoms with E-state index in [0.29, 0.717) is 24.0 Å². The molecule has 2 aliphatic rings. The summed E-state index contributed by atoms with van der Waals surface area (Å²) in [5, 5.41) is 1.23. The molecule has 1 aliphatic heterocycles. The van der Waals surface area contributed by atoms with Gasteiger partial charge < -0.3 is 9.47 Å². The van der Waals surface area contributed by atoms with Crippen molar-refractivity contribution in [3.63, 3.8) is 0 Å². The number of para-hydroxylation sites is 3. The summed E-state index contributed by atoms with van der Waals surface area (Å²) >= 11 is 0. The van der Waals surface area contributed by atoms with Crippen molar-refractivity contribution in [2.75, 3.05) is 4.90 Å². The zero-order chi connectivity index (χ0) is 37.7. The van der Waals surface area contributed by atoms with Crippen LogP contribution in [0.15, 0.2) is 188 Å². The molecule has 0 saturated heterocycles. The maximum atomic E-state index is 5.23. The number of benzene rings is 6. The molecule has 4 heterocycles. The smallest absolute Gasteiger partial charge is 0.163 e. The molecular weight excluding hydrogens is 697 g/mol. The van der Waals surface area contributed by atoms with E-state index in [9.17, 15) is 0 Å². The fourth-order valence-electron chi connectivity index (χ4n) is 8.71. The lowest BCUT2D eigenvalue weighted by molar-refractivity contribution is 0.598. The Hall–Kier alpha value is -7.44. The number of hydrogen-bond donors (Lipinski definition) is 0. The predicted octanol–water partition coefficient (Wildman–Crippen LogP) is 11.9. The molecule has 0 amide bonds. The van der Waals surface area contributed by atoms with E-state index in [-0.39, 0.29) is 12.0 Å². The first-order valence-electron chi connectivity index (χ1n) is 19.4. The summed E-state index contributed by atoms with van der Waals surface area (Å²) in [5.41, 5.74) is 13.3. The van der Waals surface area contributed by atoms with Gasteiger partial charge in [0.05, 0.1) is 29.7 Å². The van der Waals surface area contributed by atoms with E-state index < -0.39 is 0 Å². The van der Waals surface area contributed by atoms with Crippen molar-refractivity contribution >= 4 is 28.4 Å². The van der Waals surface area contributed by atoms with Crippen LogP contribution in [0.2, 0.25) is 0 Å². The van der Waals surface area contributed by atoms with Crippen molar-refractivity contribution < 1.29 is 0 Å². The Kier molecular flexibility index (Phi) is 7.91. The number of aromatic nitrogens is 5. The monoisotopic (exact) mass is 732 g/mol. The molecule has 6 aromatic carbocycles. The number of hydrogen-bond acceptors (Lipinski definition) is 5. The highest BCUT2D eigenvalue weighted by Crippen LogP contribution is 2.56. The molecule has 270 valence electrons. The van der Waals surface area contributed by atoms with Gasteiger partial charge in [-0.1, -0.05) is 158 Å². The Morgan fingerprint density at radius 3 is 1.79 bits per heavy atom. The van der Waals surface area contributed by atoms with Crippen molar-refractivity contribution in [3.05, 3.63) is 211 Å². The van der Waals surface area contributed by atoms with Crippen LogP contribution in [-0.4, -0.2) is 24.5 Å². The summed E-state index contributed by atoms with van der Waals surface area (Å²) < 4.78 is 2.45. The lowest BCUT2D eigenvalue weighted by atomic mass is 9.86. The second-order valence-electron chi connectivity index (χ2n) is 14.6. The number of rotatable bonds is 7. The van der Waals surface area contributed by atoms with Crippen LogP contribution in [0.5, 0.6) is 0 Å². The first kappa shape index (κ1) is 32.9. The van der Waals surface area contributed by atoms with Crippen LogP contribution in [0, 0.1) is 0 Å². The van der Waals surface area contributed by atoms with Crippen LogP contribution < -0.4 is 4.90 Å². The number of anilines is 2. The standard InChI is InChI=1S/C51H36N6/c1-4-15-34(16-5-1)43-23-14-24-44(52-43)35-27-29-37(30-28-35)51-54-47(53-50(55-51)36-17-6-2-7-18-36)33-56-45-25-12-10-21-39(45)41-31-32-42-40-22-11-13-26-46(40)57(49(42)48(41)56)38-19-8-3-9-20-38/h1-32,42,49H,33H2. The van der Waals surface area contributed by atoms with Gasteiger partial charge in [-0.2, -0.15) is 0 Å². The molecule has 11 rings (SSSR count). The van der Waals surface area contributed by atoms with Gasteiger partial charge in [0.1, 0.15) is 0 Å². The third kappa shape index (κ3) is 5.73. The van der Waals surface area contributed by atoms with Crippen molar-refractivity contribution in [2.45, 2.75) is 18.5 Å². The van der Waals surface area contributed by atoms with E-state index >= 15 is 0 Å². The van der Waals surface area contributed by atoms with Gasteiger partial charge in [-0.25, -0.2) is 19.9 Å². The molecule has 6 heteroatoms. The molecule has 6 nitrogen and oxygen atoms in total. The van der Waals surface area contributed by atoms with Crippen molar-refractivity contribution in [1.29, 1.82) is 0 Å². The quantitative estimate of drug-likeness (QED) is 0.163. The lowest BCUT2D eigenvalue weighted by Crippen LogP contribution is -2.27. The number of pyridine rings is 1. The molecular formula is C51H36N6. The molecule has 0 radical (unpaired) electrons. The Balaban J connectivity index is 1.03. The predicted molar refractivity (Wildman–Crippen MR) is 230 cm³/mol. The highest BCUT2D eigenvalue weighted by atomic mass is 15.2. The van der Waals surface area contributed by atoms with Gasteiger partial charge in [0, 0.05) is 56.0 Å². The van der Waals surface area contributed by atoms with Crippen LogP contribution >= 0.6 is 0 Å². The van der Waals surface area contributed by atoms with Crippen LogP contribution in [0.4, 0.5) is 11.4 Å². The van der Waals surface area contributed by atoms with Gasteiger partial charge in [-0.3, -0.25) is 0 Å². The summed E-state index contributed by atoms with van der Waals surface area (Å²) in [4.78, 5) is 23.0. The fraction of sp³-hybridized carbons (Fsp3) is 0.0588. The van der Waals surface area contributed by atoms with Gasteiger partial charge >= 0.3 is 0 Å². The molecule has 0 bridgehead atoms. The minimum atomic E-state index is 0.0497. The van der Waals surface area contributed by atoms with Gasteiger partial charge in [-0.05, 0) is 42.0 Å². The van der Waals surface area contributed by atoms with Gasteiger partial charge in [0.2, 0.25) is 0 Å². The molecule has 0 saturated carbocycles. The lowest BCUT2D eigenvalue weighted by Gasteiger charge is -2.33. The minimum absolute atomic E-state index is 0.0497. The summed E-state index contributed by atoms with van der Waals surface area (Å²) in [6, 6.07) is 63.5. The largest absolute Gasteiger partial charge is 0.334 e. The average molecular weight is 733 g/mol. The molecule has 0 N–H and O–H groups in total. The molecule has 3 aromatic heterocycles. The van der Waals surface area contributed by atoms with E-state index in [0.717, 1.165) is 39.2 Å². The molecule has 57 heavy (non-hydrogen) atoms. The Morgan fingerprint density at radius 2 is 1.05 bits per heavy atom. The molecule has 2 atom stereocenters. The van der Waals surface area contributed by atoms with Crippen LogP contribution in [0.3, 0.4) is 0 Å². The SMILES string of the molecule is C1=CC2c3ccccc3N(c3ccccc3)C2c2c1c1ccccc1n2Cc1nc(-c2ccccc2)nc(-c2ccc(-c3cccc(-c4ccccc4)n3)cc2)n1. The topological polar surface area (TPSA) is 59.7 Å². The normalized spacial score (nSPS) is 15.3. The maximum absolute atomic E-state index is 5.23. The molecule has 0 spiro atoms. The average Bonchev–Trinajstić information content (AvgIpc) is 3.80. The molecule has 2 unspecified atom stereocenters. The zero-order valence-corrected chi connectivity index (χ0v) is 31.0. The second-order valence-corrected chi connectivity index (χ2v) is 14.6. The summed E-state index contributed by atoms with van der Waals surface area (Å²) in [7, 11) is 0. The van der Waals surface area contributed by atoms with E-state index in [4.69, 9.17) is 19.9 Å². The highest BCUT2D eigenvalue weighted by molar-refractivity contribution is 5.94. The van der Waals surface area contributed by atoms with E-state index in [1.54, 1.807) is 0 Å². The Morgan fingerprint density at radius 1 is 0.474 bits per heavy atom. The Bertz CT molecular complexity index is 2940. The van der Waals surface area contributed by atoms with Crippen molar-refractivity contribution in [2.24, 2.45) is 0 Å². The van der Waals surface area contributed by atoms with E-state index in [2.05, 4.69) is 167 Å². The van der Waals surface area contributed by atoms with E-state index in [1.807, 2.05) is 36.4 Å². The summed E-state index contributed by atoms with van der Waals surface area (Å²) in [6.45, 7) is 0.482.